The molecule has 0 saturated carbocycles. The lowest BCUT2D eigenvalue weighted by atomic mass is 10.2. The van der Waals surface area contributed by atoms with Gasteiger partial charge in [-0.05, 0) is 24.3 Å². The number of rotatable bonds is 8. The number of carbonyl (C=O) groups excluding carboxylic acids is 1. The van der Waals surface area contributed by atoms with Crippen molar-refractivity contribution in [2.45, 2.75) is 18.3 Å². The van der Waals surface area contributed by atoms with Gasteiger partial charge < -0.3 is 19.9 Å². The highest BCUT2D eigenvalue weighted by molar-refractivity contribution is 8.15. The largest absolute Gasteiger partial charge is 0.493 e. The molecule has 11 heteroatoms. The van der Waals surface area contributed by atoms with Gasteiger partial charge in [0.05, 0.1) is 19.7 Å². The third kappa shape index (κ3) is 5.90. The van der Waals surface area contributed by atoms with Gasteiger partial charge in [0, 0.05) is 21.2 Å². The molecule has 1 fully saturated rings. The summed E-state index contributed by atoms with van der Waals surface area (Å²) in [5.41, 5.74) is 1.21. The molecule has 0 radical (unpaired) electrons. The number of carboxylic acid groups (broad SMARTS) is 1. The van der Waals surface area contributed by atoms with Gasteiger partial charge in [-0.2, -0.15) is 5.10 Å². The molecular weight excluding hydrogens is 465 g/mol. The molecule has 1 atom stereocenters. The Morgan fingerprint density at radius 1 is 1.26 bits per heavy atom. The first-order chi connectivity index (χ1) is 14.9. The zero-order valence-corrected chi connectivity index (χ0v) is 18.5. The Morgan fingerprint density at radius 3 is 2.65 bits per heavy atom. The van der Waals surface area contributed by atoms with Crippen molar-refractivity contribution in [3.63, 3.8) is 0 Å². The molecule has 0 aliphatic carbocycles. The predicted octanol–water partition coefficient (Wildman–Crippen LogP) is 3.98. The van der Waals surface area contributed by atoms with Crippen molar-refractivity contribution in [2.24, 2.45) is 10.2 Å². The Bertz CT molecular complexity index is 1040. The average Bonchev–Trinajstić information content (AvgIpc) is 3.06. The molecule has 31 heavy (non-hydrogen) atoms. The molecule has 2 aromatic carbocycles. The van der Waals surface area contributed by atoms with Crippen LogP contribution in [0.2, 0.25) is 10.0 Å². The number of para-hydroxylation sites is 1. The zero-order chi connectivity index (χ0) is 22.4. The molecule has 1 heterocycles. The summed E-state index contributed by atoms with van der Waals surface area (Å²) < 4.78 is 11.3. The van der Waals surface area contributed by atoms with Crippen LogP contribution in [0.25, 0.3) is 0 Å². The molecule has 8 nitrogen and oxygen atoms in total. The second kappa shape index (κ2) is 10.5. The Kier molecular flexibility index (Phi) is 7.78. The SMILES string of the molecule is COc1cccc(C=NN=C2NC(=O)C(CC(=O)O)S2)c1OCc1c(Cl)cccc1Cl. The molecule has 1 amide bonds. The highest BCUT2D eigenvalue weighted by Gasteiger charge is 2.32. The number of hydrogen-bond donors (Lipinski definition) is 2. The van der Waals surface area contributed by atoms with E-state index in [1.165, 1.54) is 13.3 Å². The lowest BCUT2D eigenvalue weighted by Gasteiger charge is -2.14. The van der Waals surface area contributed by atoms with E-state index in [9.17, 15) is 9.59 Å². The van der Waals surface area contributed by atoms with E-state index in [0.29, 0.717) is 32.7 Å². The number of thioether (sulfide) groups is 1. The summed E-state index contributed by atoms with van der Waals surface area (Å²) in [6.45, 7) is 0.108. The summed E-state index contributed by atoms with van der Waals surface area (Å²) >= 11 is 13.4. The van der Waals surface area contributed by atoms with Gasteiger partial charge in [-0.15, -0.1) is 5.10 Å². The fourth-order valence-corrected chi connectivity index (χ4v) is 4.07. The van der Waals surface area contributed by atoms with Crippen LogP contribution in [0.4, 0.5) is 0 Å². The normalized spacial score (nSPS) is 17.2. The number of ether oxygens (including phenoxy) is 2. The standard InChI is InChI=1S/C20H17Cl2N3O5S/c1-29-15-7-2-4-11(18(15)30-10-12-13(21)5-3-6-14(12)22)9-23-25-20-24-19(28)16(31-20)8-17(26)27/h2-7,9,16H,8,10H2,1H3,(H,26,27)(H,24,25,28). The third-order valence-electron chi connectivity index (χ3n) is 4.13. The van der Waals surface area contributed by atoms with Gasteiger partial charge in [-0.25, -0.2) is 0 Å². The molecule has 0 aromatic heterocycles. The molecule has 162 valence electrons. The number of benzene rings is 2. The van der Waals surface area contributed by atoms with Gasteiger partial charge in [-0.1, -0.05) is 47.1 Å². The van der Waals surface area contributed by atoms with Crippen molar-refractivity contribution < 1.29 is 24.2 Å². The van der Waals surface area contributed by atoms with Crippen LogP contribution >= 0.6 is 35.0 Å². The monoisotopic (exact) mass is 481 g/mol. The summed E-state index contributed by atoms with van der Waals surface area (Å²) in [5, 5.41) is 19.7. The molecule has 2 aromatic rings. The molecule has 2 N–H and O–H groups in total. The fraction of sp³-hybridized carbons (Fsp3) is 0.200. The predicted molar refractivity (Wildman–Crippen MR) is 121 cm³/mol. The highest BCUT2D eigenvalue weighted by atomic mass is 35.5. The van der Waals surface area contributed by atoms with Crippen LogP contribution in [0, 0.1) is 0 Å². The number of amides is 1. The number of hydrogen-bond acceptors (Lipinski definition) is 7. The molecule has 1 aliphatic rings. The van der Waals surface area contributed by atoms with Crippen LogP contribution in [0.3, 0.4) is 0 Å². The van der Waals surface area contributed by atoms with E-state index in [0.717, 1.165) is 11.8 Å². The van der Waals surface area contributed by atoms with E-state index in [4.69, 9.17) is 37.8 Å². The summed E-state index contributed by atoms with van der Waals surface area (Å²) in [4.78, 5) is 22.6. The minimum atomic E-state index is -1.06. The van der Waals surface area contributed by atoms with Crippen molar-refractivity contribution in [1.82, 2.24) is 5.32 Å². The molecule has 1 saturated heterocycles. The summed E-state index contributed by atoms with van der Waals surface area (Å²) in [7, 11) is 1.51. The van der Waals surface area contributed by atoms with E-state index in [1.807, 2.05) is 0 Å². The van der Waals surface area contributed by atoms with Gasteiger partial charge in [0.2, 0.25) is 5.91 Å². The Balaban J connectivity index is 1.77. The van der Waals surface area contributed by atoms with Gasteiger partial charge >= 0.3 is 5.97 Å². The number of carbonyl (C=O) groups is 2. The second-order valence-electron chi connectivity index (χ2n) is 6.21. The van der Waals surface area contributed by atoms with Gasteiger partial charge in [0.25, 0.3) is 0 Å². The topological polar surface area (TPSA) is 110 Å². The van der Waals surface area contributed by atoms with Crippen LogP contribution in [0.5, 0.6) is 11.5 Å². The average molecular weight is 482 g/mol. The van der Waals surface area contributed by atoms with Crippen LogP contribution < -0.4 is 14.8 Å². The second-order valence-corrected chi connectivity index (χ2v) is 8.22. The maximum atomic E-state index is 11.8. The summed E-state index contributed by atoms with van der Waals surface area (Å²) in [5.74, 6) is -0.584. The Labute approximate surface area is 192 Å². The van der Waals surface area contributed by atoms with E-state index >= 15 is 0 Å². The number of methoxy groups -OCH3 is 1. The quantitative estimate of drug-likeness (QED) is 0.435. The molecule has 0 spiro atoms. The van der Waals surface area contributed by atoms with E-state index in [1.54, 1.807) is 36.4 Å². The molecule has 1 unspecified atom stereocenters. The number of carboxylic acids is 1. The van der Waals surface area contributed by atoms with Crippen LogP contribution in [0.1, 0.15) is 17.5 Å². The van der Waals surface area contributed by atoms with Crippen LogP contribution in [-0.2, 0) is 16.2 Å². The summed E-state index contributed by atoms with van der Waals surface area (Å²) in [6, 6.07) is 10.4. The number of aliphatic carboxylic acids is 1. The number of amidine groups is 1. The smallest absolute Gasteiger partial charge is 0.305 e. The van der Waals surface area contributed by atoms with Gasteiger partial charge in [0.1, 0.15) is 11.9 Å². The lowest BCUT2D eigenvalue weighted by Crippen LogP contribution is -2.26. The van der Waals surface area contributed by atoms with Crippen molar-refractivity contribution in [3.8, 4) is 11.5 Å². The summed E-state index contributed by atoms with van der Waals surface area (Å²) in [6.07, 6.45) is 1.15. The van der Waals surface area contributed by atoms with E-state index in [2.05, 4.69) is 15.5 Å². The Morgan fingerprint density at radius 2 is 1.97 bits per heavy atom. The van der Waals surface area contributed by atoms with Gasteiger partial charge in [0.15, 0.2) is 16.7 Å². The van der Waals surface area contributed by atoms with Crippen LogP contribution in [-0.4, -0.2) is 40.7 Å². The van der Waals surface area contributed by atoms with Crippen molar-refractivity contribution in [1.29, 1.82) is 0 Å². The Hall–Kier alpha value is -2.75. The van der Waals surface area contributed by atoms with Crippen molar-refractivity contribution >= 4 is 58.2 Å². The first-order valence-corrected chi connectivity index (χ1v) is 10.6. The van der Waals surface area contributed by atoms with Crippen LogP contribution in [0.15, 0.2) is 46.6 Å². The minimum Gasteiger partial charge on any atom is -0.493 e. The van der Waals surface area contributed by atoms with Gasteiger partial charge in [-0.3, -0.25) is 9.59 Å². The molecule has 3 rings (SSSR count). The van der Waals surface area contributed by atoms with Crippen molar-refractivity contribution in [2.75, 3.05) is 7.11 Å². The lowest BCUT2D eigenvalue weighted by molar-refractivity contribution is -0.138. The maximum Gasteiger partial charge on any atom is 0.305 e. The fourth-order valence-electron chi connectivity index (χ4n) is 2.65. The molecular formula is C20H17Cl2N3O5S. The number of halogens is 2. The highest BCUT2D eigenvalue weighted by Crippen LogP contribution is 2.33. The maximum absolute atomic E-state index is 11.8. The zero-order valence-electron chi connectivity index (χ0n) is 16.2. The van der Waals surface area contributed by atoms with E-state index < -0.39 is 17.1 Å². The first-order valence-electron chi connectivity index (χ1n) is 8.92. The van der Waals surface area contributed by atoms with Crippen molar-refractivity contribution in [3.05, 3.63) is 57.6 Å². The molecule has 1 aliphatic heterocycles. The van der Waals surface area contributed by atoms with E-state index in [-0.39, 0.29) is 18.2 Å². The minimum absolute atomic E-state index is 0.108. The molecule has 0 bridgehead atoms. The third-order valence-corrected chi connectivity index (χ3v) is 5.91. The number of nitrogens with one attached hydrogen (secondary N) is 1. The first kappa shape index (κ1) is 22.9. The number of nitrogens with zero attached hydrogens (tertiary/aromatic N) is 2.